The van der Waals surface area contributed by atoms with Gasteiger partial charge in [0.2, 0.25) is 0 Å². The molecule has 0 aliphatic carbocycles. The first-order chi connectivity index (χ1) is 12.0. The maximum absolute atomic E-state index is 12.8. The number of thiocarbonyl (C=S) groups is 1. The van der Waals surface area contributed by atoms with Crippen molar-refractivity contribution in [1.82, 2.24) is 0 Å². The number of carbonyl (C=O) groups excluding carboxylic acids is 1. The van der Waals surface area contributed by atoms with Crippen molar-refractivity contribution in [3.05, 3.63) is 64.6 Å². The maximum Gasteiger partial charge on any atom is 0.270 e. The molecule has 0 aromatic heterocycles. The summed E-state index contributed by atoms with van der Waals surface area (Å²) in [6, 6.07) is 16.1. The Labute approximate surface area is 158 Å². The first-order valence-corrected chi connectivity index (χ1v) is 9.36. The lowest BCUT2D eigenvalue weighted by atomic mass is 10.1. The van der Waals surface area contributed by atoms with E-state index in [-0.39, 0.29) is 5.91 Å². The molecular weight excluding hydrogens is 348 g/mol. The highest BCUT2D eigenvalue weighted by molar-refractivity contribution is 8.27. The SMILES string of the molecule is CCc1ccc(/C=C2\SC(=S)N(c3ccc(N(C)C)cc3)C2=O)cc1. The zero-order valence-electron chi connectivity index (χ0n) is 14.5. The number of rotatable bonds is 4. The third kappa shape index (κ3) is 3.78. The molecular formula is C20H20N2OS2. The van der Waals surface area contributed by atoms with Gasteiger partial charge in [-0.3, -0.25) is 9.69 Å². The van der Waals surface area contributed by atoms with Gasteiger partial charge in [-0.25, -0.2) is 0 Å². The first kappa shape index (κ1) is 17.7. The number of hydrogen-bond acceptors (Lipinski definition) is 4. The third-order valence-corrected chi connectivity index (χ3v) is 5.41. The zero-order chi connectivity index (χ0) is 18.0. The molecule has 25 heavy (non-hydrogen) atoms. The van der Waals surface area contributed by atoms with Gasteiger partial charge in [0.05, 0.1) is 10.6 Å². The van der Waals surface area contributed by atoms with Crippen molar-refractivity contribution in [2.45, 2.75) is 13.3 Å². The predicted octanol–water partition coefficient (Wildman–Crippen LogP) is 4.72. The van der Waals surface area contributed by atoms with Crippen molar-refractivity contribution >= 4 is 51.7 Å². The van der Waals surface area contributed by atoms with Gasteiger partial charge in [-0.2, -0.15) is 0 Å². The number of nitrogens with zero attached hydrogens (tertiary/aromatic N) is 2. The van der Waals surface area contributed by atoms with Gasteiger partial charge < -0.3 is 4.90 Å². The van der Waals surface area contributed by atoms with Gasteiger partial charge in [-0.15, -0.1) is 0 Å². The van der Waals surface area contributed by atoms with Crippen molar-refractivity contribution in [3.63, 3.8) is 0 Å². The Hall–Kier alpha value is -2.11. The van der Waals surface area contributed by atoms with Crippen LogP contribution in [0.4, 0.5) is 11.4 Å². The molecule has 1 aliphatic heterocycles. The van der Waals surface area contributed by atoms with E-state index in [1.807, 2.05) is 61.5 Å². The zero-order valence-corrected chi connectivity index (χ0v) is 16.2. The molecule has 1 amide bonds. The molecule has 5 heteroatoms. The number of anilines is 2. The molecule has 3 rings (SSSR count). The van der Waals surface area contributed by atoms with E-state index in [9.17, 15) is 4.79 Å². The number of thioether (sulfide) groups is 1. The van der Waals surface area contributed by atoms with Gasteiger partial charge >= 0.3 is 0 Å². The second kappa shape index (κ2) is 7.42. The maximum atomic E-state index is 12.8. The van der Waals surface area contributed by atoms with Crippen LogP contribution in [0.3, 0.4) is 0 Å². The highest BCUT2D eigenvalue weighted by atomic mass is 32.2. The second-order valence-electron chi connectivity index (χ2n) is 6.02. The van der Waals surface area contributed by atoms with Gasteiger partial charge in [0, 0.05) is 19.8 Å². The van der Waals surface area contributed by atoms with Crippen LogP contribution >= 0.6 is 24.0 Å². The van der Waals surface area contributed by atoms with Crippen molar-refractivity contribution in [1.29, 1.82) is 0 Å². The Morgan fingerprint density at radius 1 is 1.08 bits per heavy atom. The molecule has 1 fully saturated rings. The predicted molar refractivity (Wildman–Crippen MR) is 112 cm³/mol. The van der Waals surface area contributed by atoms with Gasteiger partial charge in [0.1, 0.15) is 0 Å². The lowest BCUT2D eigenvalue weighted by Gasteiger charge is -2.17. The number of carbonyl (C=O) groups is 1. The first-order valence-electron chi connectivity index (χ1n) is 8.14. The number of aryl methyl sites for hydroxylation is 1. The Kier molecular flexibility index (Phi) is 5.25. The molecule has 2 aromatic carbocycles. The summed E-state index contributed by atoms with van der Waals surface area (Å²) >= 11 is 6.78. The molecule has 3 nitrogen and oxygen atoms in total. The standard InChI is InChI=1S/C20H20N2OS2/c1-4-14-5-7-15(8-6-14)13-18-19(23)22(20(24)25-18)17-11-9-16(10-12-17)21(2)3/h5-13H,4H2,1-3H3/b18-13-. The molecule has 0 bridgehead atoms. The van der Waals surface area contributed by atoms with Crippen LogP contribution in [0.25, 0.3) is 6.08 Å². The van der Waals surface area contributed by atoms with E-state index in [2.05, 4.69) is 19.1 Å². The number of amides is 1. The lowest BCUT2D eigenvalue weighted by molar-refractivity contribution is -0.113. The average molecular weight is 369 g/mol. The summed E-state index contributed by atoms with van der Waals surface area (Å²) in [6.07, 6.45) is 2.91. The molecule has 0 N–H and O–H groups in total. The van der Waals surface area contributed by atoms with Crippen molar-refractivity contribution < 1.29 is 4.79 Å². The van der Waals surface area contributed by atoms with E-state index in [4.69, 9.17) is 12.2 Å². The molecule has 1 saturated heterocycles. The normalized spacial score (nSPS) is 16.0. The van der Waals surface area contributed by atoms with Crippen molar-refractivity contribution in [2.75, 3.05) is 23.9 Å². The molecule has 0 atom stereocenters. The molecule has 1 heterocycles. The van der Waals surface area contributed by atoms with Crippen LogP contribution in [0.5, 0.6) is 0 Å². The fourth-order valence-electron chi connectivity index (χ4n) is 2.59. The summed E-state index contributed by atoms with van der Waals surface area (Å²) in [5.41, 5.74) is 4.19. The fraction of sp³-hybridized carbons (Fsp3) is 0.200. The molecule has 2 aromatic rings. The summed E-state index contributed by atoms with van der Waals surface area (Å²) in [5, 5.41) is 0. The van der Waals surface area contributed by atoms with Gasteiger partial charge in [-0.05, 0) is 47.9 Å². The quantitative estimate of drug-likeness (QED) is 0.575. The Balaban J connectivity index is 1.85. The van der Waals surface area contributed by atoms with E-state index in [1.165, 1.54) is 17.3 Å². The summed E-state index contributed by atoms with van der Waals surface area (Å²) in [7, 11) is 3.97. The second-order valence-corrected chi connectivity index (χ2v) is 7.70. The minimum atomic E-state index is -0.0628. The minimum Gasteiger partial charge on any atom is -0.378 e. The molecule has 0 spiro atoms. The van der Waals surface area contributed by atoms with Gasteiger partial charge in [-0.1, -0.05) is 55.2 Å². The monoisotopic (exact) mass is 368 g/mol. The molecule has 0 unspecified atom stereocenters. The van der Waals surface area contributed by atoms with Crippen LogP contribution in [0.1, 0.15) is 18.1 Å². The van der Waals surface area contributed by atoms with Crippen LogP contribution in [0, 0.1) is 0 Å². The summed E-state index contributed by atoms with van der Waals surface area (Å²) in [4.78, 5) is 17.1. The van der Waals surface area contributed by atoms with Gasteiger partial charge in [0.25, 0.3) is 5.91 Å². The van der Waals surface area contributed by atoms with Gasteiger partial charge in [0.15, 0.2) is 4.32 Å². The van der Waals surface area contributed by atoms with Crippen LogP contribution in [0.15, 0.2) is 53.4 Å². The molecule has 1 aliphatic rings. The van der Waals surface area contributed by atoms with E-state index in [0.29, 0.717) is 9.23 Å². The fourth-order valence-corrected chi connectivity index (χ4v) is 3.89. The Morgan fingerprint density at radius 2 is 1.72 bits per heavy atom. The van der Waals surface area contributed by atoms with E-state index in [1.54, 1.807) is 4.90 Å². The van der Waals surface area contributed by atoms with E-state index >= 15 is 0 Å². The largest absolute Gasteiger partial charge is 0.378 e. The van der Waals surface area contributed by atoms with Crippen LogP contribution < -0.4 is 9.80 Å². The molecule has 128 valence electrons. The van der Waals surface area contributed by atoms with Crippen LogP contribution in [0.2, 0.25) is 0 Å². The minimum absolute atomic E-state index is 0.0628. The number of benzene rings is 2. The average Bonchev–Trinajstić information content (AvgIpc) is 2.89. The third-order valence-electron chi connectivity index (χ3n) is 4.10. The van der Waals surface area contributed by atoms with E-state index in [0.717, 1.165) is 23.4 Å². The molecule has 0 radical (unpaired) electrons. The van der Waals surface area contributed by atoms with E-state index < -0.39 is 0 Å². The summed E-state index contributed by atoms with van der Waals surface area (Å²) in [5.74, 6) is -0.0628. The van der Waals surface area contributed by atoms with Crippen LogP contribution in [-0.4, -0.2) is 24.3 Å². The Bertz CT molecular complexity index is 824. The lowest BCUT2D eigenvalue weighted by Crippen LogP contribution is -2.27. The Morgan fingerprint density at radius 3 is 2.28 bits per heavy atom. The topological polar surface area (TPSA) is 23.6 Å². The van der Waals surface area contributed by atoms with Crippen LogP contribution in [-0.2, 0) is 11.2 Å². The molecule has 0 saturated carbocycles. The highest BCUT2D eigenvalue weighted by Gasteiger charge is 2.33. The highest BCUT2D eigenvalue weighted by Crippen LogP contribution is 2.36. The summed E-state index contributed by atoms with van der Waals surface area (Å²) < 4.78 is 0.569. The van der Waals surface area contributed by atoms with Crippen molar-refractivity contribution in [2.24, 2.45) is 0 Å². The summed E-state index contributed by atoms with van der Waals surface area (Å²) in [6.45, 7) is 2.13. The van der Waals surface area contributed by atoms with Crippen molar-refractivity contribution in [3.8, 4) is 0 Å². The number of hydrogen-bond donors (Lipinski definition) is 0. The smallest absolute Gasteiger partial charge is 0.270 e.